The number of benzene rings is 1. The van der Waals surface area contributed by atoms with Crippen molar-refractivity contribution in [3.05, 3.63) is 66.2 Å². The molecular formula is C25H23F3N8O5. The van der Waals surface area contributed by atoms with Crippen molar-refractivity contribution in [1.29, 1.82) is 0 Å². The Morgan fingerprint density at radius 1 is 1.07 bits per heavy atom. The van der Waals surface area contributed by atoms with Crippen LogP contribution in [0.15, 0.2) is 55.1 Å². The molecule has 0 bridgehead atoms. The summed E-state index contributed by atoms with van der Waals surface area (Å²) in [5, 5.41) is 8.80. The second-order valence-electron chi connectivity index (χ2n) is 8.40. The predicted octanol–water partition coefficient (Wildman–Crippen LogP) is 3.08. The summed E-state index contributed by atoms with van der Waals surface area (Å²) in [4.78, 5) is 44.8. The summed E-state index contributed by atoms with van der Waals surface area (Å²) in [5.41, 5.74) is 12.2. The molecule has 214 valence electrons. The van der Waals surface area contributed by atoms with E-state index in [0.717, 1.165) is 12.3 Å². The van der Waals surface area contributed by atoms with Gasteiger partial charge in [0.1, 0.15) is 30.3 Å². The fraction of sp³-hybridized carbons (Fsp3) is 0.200. The van der Waals surface area contributed by atoms with Crippen LogP contribution in [0.3, 0.4) is 0 Å². The highest BCUT2D eigenvalue weighted by molar-refractivity contribution is 6.05. The SMILES string of the molecule is CCOC(=O)C(N)COC(=O)c1cn2ncnc(N)c2c1-c1ccc(NC(=O)Nc2cc(C(F)(F)F)ccn2)cc1. The Hall–Kier alpha value is -5.25. The maximum absolute atomic E-state index is 13.0. The number of esters is 2. The van der Waals surface area contributed by atoms with Crippen LogP contribution in [0.1, 0.15) is 22.8 Å². The number of nitrogen functional groups attached to an aromatic ring is 1. The van der Waals surface area contributed by atoms with Crippen LogP contribution in [0.25, 0.3) is 16.6 Å². The van der Waals surface area contributed by atoms with Crippen LogP contribution in [0.5, 0.6) is 0 Å². The maximum atomic E-state index is 13.0. The number of anilines is 3. The molecule has 0 saturated carbocycles. The van der Waals surface area contributed by atoms with Crippen LogP contribution in [0, 0.1) is 0 Å². The van der Waals surface area contributed by atoms with Crippen molar-refractivity contribution < 1.29 is 37.0 Å². The Kier molecular flexibility index (Phi) is 8.32. The Bertz CT molecular complexity index is 1590. The highest BCUT2D eigenvalue weighted by Crippen LogP contribution is 2.34. The predicted molar refractivity (Wildman–Crippen MR) is 140 cm³/mol. The third-order valence-corrected chi connectivity index (χ3v) is 5.57. The molecule has 0 aliphatic carbocycles. The summed E-state index contributed by atoms with van der Waals surface area (Å²) < 4.78 is 50.1. The van der Waals surface area contributed by atoms with E-state index < -0.39 is 42.4 Å². The Labute approximate surface area is 229 Å². The van der Waals surface area contributed by atoms with Gasteiger partial charge in [0, 0.05) is 23.6 Å². The van der Waals surface area contributed by atoms with E-state index in [-0.39, 0.29) is 29.5 Å². The third-order valence-electron chi connectivity index (χ3n) is 5.57. The minimum atomic E-state index is -4.60. The van der Waals surface area contributed by atoms with E-state index in [2.05, 4.69) is 25.7 Å². The molecule has 41 heavy (non-hydrogen) atoms. The van der Waals surface area contributed by atoms with Gasteiger partial charge in [-0.1, -0.05) is 12.1 Å². The molecule has 3 aromatic heterocycles. The number of nitrogens with zero attached hydrogens (tertiary/aromatic N) is 4. The van der Waals surface area contributed by atoms with Crippen LogP contribution < -0.4 is 22.1 Å². The van der Waals surface area contributed by atoms with E-state index in [4.69, 9.17) is 20.9 Å². The number of aromatic nitrogens is 4. The summed E-state index contributed by atoms with van der Waals surface area (Å²) >= 11 is 0. The minimum Gasteiger partial charge on any atom is -0.465 e. The van der Waals surface area contributed by atoms with Gasteiger partial charge in [0.15, 0.2) is 5.82 Å². The number of rotatable bonds is 8. The molecule has 0 saturated heterocycles. The minimum absolute atomic E-state index is 0.0438. The number of fused-ring (bicyclic) bond motifs is 1. The molecule has 16 heteroatoms. The molecule has 13 nitrogen and oxygen atoms in total. The first-order chi connectivity index (χ1) is 19.5. The number of hydrogen-bond acceptors (Lipinski definition) is 10. The van der Waals surface area contributed by atoms with Gasteiger partial charge in [-0.25, -0.2) is 24.1 Å². The van der Waals surface area contributed by atoms with Crippen LogP contribution in [0.2, 0.25) is 0 Å². The molecule has 0 radical (unpaired) electrons. The Morgan fingerprint density at radius 2 is 1.80 bits per heavy atom. The fourth-order valence-corrected chi connectivity index (χ4v) is 3.72. The lowest BCUT2D eigenvalue weighted by Crippen LogP contribution is -2.37. The number of pyridine rings is 1. The lowest BCUT2D eigenvalue weighted by molar-refractivity contribution is -0.145. The van der Waals surface area contributed by atoms with E-state index in [1.807, 2.05) is 0 Å². The number of carbonyl (C=O) groups excluding carboxylic acids is 3. The number of urea groups is 1. The van der Waals surface area contributed by atoms with Gasteiger partial charge in [0.2, 0.25) is 0 Å². The number of carbonyl (C=O) groups is 3. The lowest BCUT2D eigenvalue weighted by atomic mass is 10.0. The van der Waals surface area contributed by atoms with Gasteiger partial charge >= 0.3 is 24.1 Å². The first-order valence-electron chi connectivity index (χ1n) is 11.9. The van der Waals surface area contributed by atoms with Gasteiger partial charge in [0.05, 0.1) is 17.7 Å². The summed E-state index contributed by atoms with van der Waals surface area (Å²) in [6.07, 6.45) is -1.09. The molecule has 2 amide bonds. The monoisotopic (exact) mass is 572 g/mol. The van der Waals surface area contributed by atoms with Gasteiger partial charge in [-0.15, -0.1) is 0 Å². The van der Waals surface area contributed by atoms with Crippen molar-refractivity contribution in [3.63, 3.8) is 0 Å². The molecule has 6 N–H and O–H groups in total. The van der Waals surface area contributed by atoms with Crippen molar-refractivity contribution in [3.8, 4) is 11.1 Å². The molecule has 4 aromatic rings. The van der Waals surface area contributed by atoms with Crippen molar-refractivity contribution in [2.24, 2.45) is 5.73 Å². The van der Waals surface area contributed by atoms with Gasteiger partial charge < -0.3 is 26.3 Å². The number of halogens is 3. The van der Waals surface area contributed by atoms with Crippen molar-refractivity contribution in [2.75, 3.05) is 29.6 Å². The van der Waals surface area contributed by atoms with Crippen molar-refractivity contribution >= 4 is 40.8 Å². The normalized spacial score (nSPS) is 12.0. The number of nitrogens with two attached hydrogens (primary N) is 2. The van der Waals surface area contributed by atoms with E-state index in [9.17, 15) is 27.6 Å². The van der Waals surface area contributed by atoms with Gasteiger partial charge in [-0.2, -0.15) is 18.3 Å². The first kappa shape index (κ1) is 28.8. The smallest absolute Gasteiger partial charge is 0.416 e. The van der Waals surface area contributed by atoms with Gasteiger partial charge in [-0.3, -0.25) is 10.1 Å². The van der Waals surface area contributed by atoms with E-state index in [1.54, 1.807) is 19.1 Å². The summed E-state index contributed by atoms with van der Waals surface area (Å²) in [5.74, 6) is -1.78. The highest BCUT2D eigenvalue weighted by atomic mass is 19.4. The molecule has 3 heterocycles. The molecule has 0 aliphatic rings. The van der Waals surface area contributed by atoms with Crippen LogP contribution in [-0.4, -0.2) is 56.8 Å². The van der Waals surface area contributed by atoms with E-state index in [1.165, 1.54) is 29.2 Å². The first-order valence-corrected chi connectivity index (χ1v) is 11.9. The van der Waals surface area contributed by atoms with Crippen molar-refractivity contribution in [1.82, 2.24) is 19.6 Å². The molecule has 4 rings (SSSR count). The zero-order chi connectivity index (χ0) is 29.7. The zero-order valence-electron chi connectivity index (χ0n) is 21.3. The standard InChI is InChI=1S/C25H23F3N8O5/c1-2-40-23(38)17(29)11-41-22(37)16-10-36-20(21(30)32-12-33-36)19(16)13-3-5-15(6-4-13)34-24(39)35-18-9-14(7-8-31-18)25(26,27)28/h3-10,12,17H,2,11,29H2,1H3,(H2,30,32,33)(H2,31,34,35,39). The Balaban J connectivity index is 1.54. The number of nitrogens with one attached hydrogen (secondary N) is 2. The molecule has 0 fully saturated rings. The van der Waals surface area contributed by atoms with Crippen LogP contribution in [-0.2, 0) is 20.4 Å². The van der Waals surface area contributed by atoms with Gasteiger partial charge in [-0.05, 0) is 36.8 Å². The summed E-state index contributed by atoms with van der Waals surface area (Å²) in [7, 11) is 0. The van der Waals surface area contributed by atoms with E-state index >= 15 is 0 Å². The average molecular weight is 573 g/mol. The molecule has 0 aliphatic heterocycles. The largest absolute Gasteiger partial charge is 0.465 e. The quantitative estimate of drug-likeness (QED) is 0.228. The maximum Gasteiger partial charge on any atom is 0.416 e. The summed E-state index contributed by atoms with van der Waals surface area (Å²) in [6.45, 7) is 1.28. The Morgan fingerprint density at radius 3 is 2.49 bits per heavy atom. The second-order valence-corrected chi connectivity index (χ2v) is 8.40. The third kappa shape index (κ3) is 6.67. The lowest BCUT2D eigenvalue weighted by Gasteiger charge is -2.12. The molecule has 1 aromatic carbocycles. The highest BCUT2D eigenvalue weighted by Gasteiger charge is 2.31. The van der Waals surface area contributed by atoms with Gasteiger partial charge in [0.25, 0.3) is 0 Å². The van der Waals surface area contributed by atoms with Crippen LogP contribution >= 0.6 is 0 Å². The number of amides is 2. The molecule has 1 unspecified atom stereocenters. The second kappa shape index (κ2) is 11.9. The fourth-order valence-electron chi connectivity index (χ4n) is 3.72. The molecule has 0 spiro atoms. The summed E-state index contributed by atoms with van der Waals surface area (Å²) in [6, 6.07) is 5.55. The molecule has 1 atom stereocenters. The number of alkyl halides is 3. The number of ether oxygens (including phenoxy) is 2. The molecular weight excluding hydrogens is 549 g/mol. The van der Waals surface area contributed by atoms with Crippen molar-refractivity contribution in [2.45, 2.75) is 19.1 Å². The zero-order valence-corrected chi connectivity index (χ0v) is 21.3. The van der Waals surface area contributed by atoms with E-state index in [0.29, 0.717) is 22.7 Å². The average Bonchev–Trinajstić information content (AvgIpc) is 3.33. The van der Waals surface area contributed by atoms with Crippen LogP contribution in [0.4, 0.5) is 35.3 Å². The topological polar surface area (TPSA) is 189 Å². The number of hydrogen-bond donors (Lipinski definition) is 4.